The number of nitrogens with one attached hydrogen (secondary N) is 1. The molecule has 64 valence electrons. The molecule has 2 saturated carbocycles. The van der Waals surface area contributed by atoms with Crippen LogP contribution in [0.1, 0.15) is 40.0 Å². The van der Waals surface area contributed by atoms with E-state index in [0.29, 0.717) is 5.41 Å². The van der Waals surface area contributed by atoms with Gasteiger partial charge < -0.3 is 5.32 Å². The summed E-state index contributed by atoms with van der Waals surface area (Å²) in [7, 11) is 0. The maximum atomic E-state index is 3.73. The van der Waals surface area contributed by atoms with Gasteiger partial charge in [-0.25, -0.2) is 0 Å². The van der Waals surface area contributed by atoms with Crippen LogP contribution < -0.4 is 5.32 Å². The summed E-state index contributed by atoms with van der Waals surface area (Å²) in [5.74, 6) is 0.950. The first-order valence-electron chi connectivity index (χ1n) is 4.86. The maximum Gasteiger partial charge on any atom is 0.0121 e. The third-order valence-electron chi connectivity index (χ3n) is 3.55. The second kappa shape index (κ2) is 2.22. The lowest BCUT2D eigenvalue weighted by molar-refractivity contribution is 0.106. The first kappa shape index (κ1) is 7.60. The minimum absolute atomic E-state index is 0.586. The summed E-state index contributed by atoms with van der Waals surface area (Å²) in [6.07, 6.45) is 4.22. The highest BCUT2D eigenvalue weighted by Gasteiger charge is 2.43. The predicted molar refractivity (Wildman–Crippen MR) is 47.5 cm³/mol. The molecule has 11 heavy (non-hydrogen) atoms. The fraction of sp³-hybridized carbons (Fsp3) is 1.00. The molecule has 2 rings (SSSR count). The Morgan fingerprint density at radius 1 is 1.36 bits per heavy atom. The monoisotopic (exact) mass is 153 g/mol. The normalized spacial score (nSPS) is 46.6. The molecule has 0 saturated heterocycles. The Balaban J connectivity index is 1.79. The molecule has 0 aromatic rings. The van der Waals surface area contributed by atoms with Crippen molar-refractivity contribution in [3.63, 3.8) is 0 Å². The van der Waals surface area contributed by atoms with Crippen LogP contribution in [0.4, 0.5) is 0 Å². The lowest BCUT2D eigenvalue weighted by Gasteiger charge is -2.45. The van der Waals surface area contributed by atoms with Gasteiger partial charge in [0.15, 0.2) is 0 Å². The molecule has 0 aromatic carbocycles. The summed E-state index contributed by atoms with van der Waals surface area (Å²) < 4.78 is 0. The van der Waals surface area contributed by atoms with E-state index in [1.807, 2.05) is 0 Å². The van der Waals surface area contributed by atoms with Crippen molar-refractivity contribution in [3.8, 4) is 0 Å². The molecule has 0 aromatic heterocycles. The third-order valence-corrected chi connectivity index (χ3v) is 3.55. The standard InChI is InChI=1S/C10H19N/c1-7-6-8(7)11-9-4-5-10(9,2)3/h7-9,11H,4-6H2,1-3H3/t7-,8-,9?/m1/s1. The Bertz CT molecular complexity index is 162. The van der Waals surface area contributed by atoms with E-state index < -0.39 is 0 Å². The average Bonchev–Trinajstić information content (AvgIpc) is 2.60. The van der Waals surface area contributed by atoms with Gasteiger partial charge in [-0.3, -0.25) is 0 Å². The molecule has 0 bridgehead atoms. The molecule has 0 spiro atoms. The minimum Gasteiger partial charge on any atom is -0.310 e. The van der Waals surface area contributed by atoms with Crippen LogP contribution in [0, 0.1) is 11.3 Å². The number of hydrogen-bond acceptors (Lipinski definition) is 1. The van der Waals surface area contributed by atoms with Crippen molar-refractivity contribution in [1.29, 1.82) is 0 Å². The molecule has 3 atom stereocenters. The second-order valence-corrected chi connectivity index (χ2v) is 5.07. The van der Waals surface area contributed by atoms with Gasteiger partial charge in [0.1, 0.15) is 0 Å². The average molecular weight is 153 g/mol. The minimum atomic E-state index is 0.586. The van der Waals surface area contributed by atoms with Crippen LogP contribution in [0.3, 0.4) is 0 Å². The third kappa shape index (κ3) is 1.31. The van der Waals surface area contributed by atoms with Crippen molar-refractivity contribution in [2.45, 2.75) is 52.1 Å². The molecule has 1 heteroatoms. The molecule has 0 aliphatic heterocycles. The van der Waals surface area contributed by atoms with Crippen molar-refractivity contribution >= 4 is 0 Å². The molecule has 2 fully saturated rings. The van der Waals surface area contributed by atoms with Crippen molar-refractivity contribution in [3.05, 3.63) is 0 Å². The zero-order chi connectivity index (χ0) is 8.06. The highest BCUT2D eigenvalue weighted by atomic mass is 15.0. The van der Waals surface area contributed by atoms with E-state index in [9.17, 15) is 0 Å². The summed E-state index contributed by atoms with van der Waals surface area (Å²) in [5, 5.41) is 3.73. The summed E-state index contributed by atoms with van der Waals surface area (Å²) >= 11 is 0. The number of hydrogen-bond donors (Lipinski definition) is 1. The van der Waals surface area contributed by atoms with Crippen molar-refractivity contribution in [1.82, 2.24) is 5.32 Å². The second-order valence-electron chi connectivity index (χ2n) is 5.07. The summed E-state index contributed by atoms with van der Waals surface area (Å²) in [4.78, 5) is 0. The van der Waals surface area contributed by atoms with Crippen LogP contribution in [-0.2, 0) is 0 Å². The zero-order valence-electron chi connectivity index (χ0n) is 7.85. The van der Waals surface area contributed by atoms with E-state index in [4.69, 9.17) is 0 Å². The molecule has 1 unspecified atom stereocenters. The molecular weight excluding hydrogens is 134 g/mol. The van der Waals surface area contributed by atoms with Gasteiger partial charge in [-0.2, -0.15) is 0 Å². The van der Waals surface area contributed by atoms with E-state index >= 15 is 0 Å². The number of rotatable bonds is 2. The van der Waals surface area contributed by atoms with E-state index in [-0.39, 0.29) is 0 Å². The highest BCUT2D eigenvalue weighted by Crippen LogP contribution is 2.42. The molecule has 1 nitrogen and oxygen atoms in total. The first-order valence-corrected chi connectivity index (χ1v) is 4.86. The fourth-order valence-electron chi connectivity index (χ4n) is 1.99. The Hall–Kier alpha value is -0.0400. The summed E-state index contributed by atoms with van der Waals surface area (Å²) in [5.41, 5.74) is 0.586. The van der Waals surface area contributed by atoms with Crippen LogP contribution in [0.25, 0.3) is 0 Å². The smallest absolute Gasteiger partial charge is 0.0121 e. The topological polar surface area (TPSA) is 12.0 Å². The fourth-order valence-corrected chi connectivity index (χ4v) is 1.99. The molecule has 0 heterocycles. The van der Waals surface area contributed by atoms with Gasteiger partial charge in [0, 0.05) is 12.1 Å². The van der Waals surface area contributed by atoms with Crippen molar-refractivity contribution in [2.24, 2.45) is 11.3 Å². The van der Waals surface area contributed by atoms with E-state index in [2.05, 4.69) is 26.1 Å². The van der Waals surface area contributed by atoms with Crippen molar-refractivity contribution in [2.75, 3.05) is 0 Å². The van der Waals surface area contributed by atoms with Gasteiger partial charge in [0.25, 0.3) is 0 Å². The predicted octanol–water partition coefficient (Wildman–Crippen LogP) is 2.17. The first-order chi connectivity index (χ1) is 5.09. The molecule has 1 N–H and O–H groups in total. The van der Waals surface area contributed by atoms with Crippen molar-refractivity contribution < 1.29 is 0 Å². The molecule has 2 aliphatic carbocycles. The van der Waals surface area contributed by atoms with Gasteiger partial charge in [-0.15, -0.1) is 0 Å². The summed E-state index contributed by atoms with van der Waals surface area (Å²) in [6, 6.07) is 1.68. The Labute approximate surface area is 69.6 Å². The van der Waals surface area contributed by atoms with E-state index in [1.54, 1.807) is 0 Å². The Kier molecular flexibility index (Phi) is 1.54. The highest BCUT2D eigenvalue weighted by molar-refractivity contribution is 5.00. The maximum absolute atomic E-state index is 3.73. The Morgan fingerprint density at radius 2 is 2.00 bits per heavy atom. The van der Waals surface area contributed by atoms with E-state index in [0.717, 1.165) is 18.0 Å². The van der Waals surface area contributed by atoms with Gasteiger partial charge in [0.05, 0.1) is 0 Å². The van der Waals surface area contributed by atoms with Gasteiger partial charge >= 0.3 is 0 Å². The van der Waals surface area contributed by atoms with Gasteiger partial charge in [0.2, 0.25) is 0 Å². The lowest BCUT2D eigenvalue weighted by Crippen LogP contribution is -2.51. The molecule has 0 amide bonds. The van der Waals surface area contributed by atoms with Crippen LogP contribution in [-0.4, -0.2) is 12.1 Å². The molecule has 2 aliphatic rings. The van der Waals surface area contributed by atoms with Crippen LogP contribution in [0.15, 0.2) is 0 Å². The lowest BCUT2D eigenvalue weighted by atomic mass is 9.67. The largest absolute Gasteiger partial charge is 0.310 e. The quantitative estimate of drug-likeness (QED) is 0.641. The Morgan fingerprint density at radius 3 is 2.27 bits per heavy atom. The van der Waals surface area contributed by atoms with Crippen LogP contribution >= 0.6 is 0 Å². The molecule has 0 radical (unpaired) electrons. The van der Waals surface area contributed by atoms with Gasteiger partial charge in [-0.05, 0) is 30.6 Å². The SMILES string of the molecule is C[C@@H]1C[C@H]1NC1CCC1(C)C. The summed E-state index contributed by atoms with van der Waals surface area (Å²) in [6.45, 7) is 7.09. The zero-order valence-corrected chi connectivity index (χ0v) is 7.85. The van der Waals surface area contributed by atoms with Gasteiger partial charge in [-0.1, -0.05) is 20.8 Å². The molecular formula is C10H19N. The van der Waals surface area contributed by atoms with Crippen LogP contribution in [0.5, 0.6) is 0 Å². The van der Waals surface area contributed by atoms with Crippen LogP contribution in [0.2, 0.25) is 0 Å². The van der Waals surface area contributed by atoms with E-state index in [1.165, 1.54) is 19.3 Å².